The summed E-state index contributed by atoms with van der Waals surface area (Å²) in [6, 6.07) is 10.8. The van der Waals surface area contributed by atoms with E-state index >= 15 is 0 Å². The number of aromatic nitrogens is 1. The number of hydrogen-bond acceptors (Lipinski definition) is 2. The van der Waals surface area contributed by atoms with Gasteiger partial charge >= 0.3 is 0 Å². The van der Waals surface area contributed by atoms with E-state index in [0.717, 1.165) is 28.7 Å². The lowest BCUT2D eigenvalue weighted by molar-refractivity contribution is 0.539. The van der Waals surface area contributed by atoms with Crippen molar-refractivity contribution >= 4 is 15.9 Å². The largest absolute Gasteiger partial charge is 0.310 e. The second-order valence-corrected chi connectivity index (χ2v) is 5.16. The van der Waals surface area contributed by atoms with E-state index in [9.17, 15) is 4.39 Å². The number of likely N-dealkylation sites (N-methyl/N-ethyl adjacent to an activating group) is 1. The predicted octanol–water partition coefficient (Wildman–Crippen LogP) is 3.88. The van der Waals surface area contributed by atoms with Crippen LogP contribution in [0.2, 0.25) is 0 Å². The van der Waals surface area contributed by atoms with Gasteiger partial charge in [-0.15, -0.1) is 0 Å². The molecule has 0 aliphatic rings. The number of benzene rings is 1. The molecule has 1 atom stereocenters. The molecular weight excluding hydrogens is 307 g/mol. The lowest BCUT2D eigenvalue weighted by Crippen LogP contribution is -2.23. The molecule has 0 saturated carbocycles. The van der Waals surface area contributed by atoms with Gasteiger partial charge in [-0.25, -0.2) is 4.39 Å². The third-order valence-electron chi connectivity index (χ3n) is 2.93. The van der Waals surface area contributed by atoms with Crippen molar-refractivity contribution in [3.05, 3.63) is 64.1 Å². The molecule has 0 fully saturated rings. The van der Waals surface area contributed by atoms with E-state index < -0.39 is 0 Å². The van der Waals surface area contributed by atoms with E-state index in [1.165, 1.54) is 12.1 Å². The van der Waals surface area contributed by atoms with Crippen LogP contribution in [-0.2, 0) is 6.42 Å². The number of nitrogens with one attached hydrogen (secondary N) is 1. The molecule has 1 heterocycles. The SMILES string of the molecule is CCNC(Cc1ccccn1)c1ccc(F)cc1Br. The Hall–Kier alpha value is -1.26. The molecule has 2 aromatic rings. The van der Waals surface area contributed by atoms with Crippen LogP contribution in [0.1, 0.15) is 24.2 Å². The van der Waals surface area contributed by atoms with Crippen LogP contribution in [0.25, 0.3) is 0 Å². The first-order valence-corrected chi connectivity index (χ1v) is 7.08. The normalized spacial score (nSPS) is 12.4. The number of hydrogen-bond donors (Lipinski definition) is 1. The molecular formula is C15H16BrFN2. The molecule has 0 saturated heterocycles. The summed E-state index contributed by atoms with van der Waals surface area (Å²) in [4.78, 5) is 4.34. The molecule has 0 amide bonds. The zero-order chi connectivity index (χ0) is 13.7. The minimum atomic E-state index is -0.233. The van der Waals surface area contributed by atoms with Gasteiger partial charge in [0, 0.05) is 28.8 Å². The fraction of sp³-hybridized carbons (Fsp3) is 0.267. The van der Waals surface area contributed by atoms with Crippen LogP contribution < -0.4 is 5.32 Å². The van der Waals surface area contributed by atoms with Crippen molar-refractivity contribution in [2.45, 2.75) is 19.4 Å². The molecule has 1 unspecified atom stereocenters. The van der Waals surface area contributed by atoms with Crippen LogP contribution in [0.4, 0.5) is 4.39 Å². The van der Waals surface area contributed by atoms with Crippen molar-refractivity contribution in [3.8, 4) is 0 Å². The smallest absolute Gasteiger partial charge is 0.124 e. The summed E-state index contributed by atoms with van der Waals surface area (Å²) in [5, 5.41) is 3.42. The fourth-order valence-electron chi connectivity index (χ4n) is 2.05. The summed E-state index contributed by atoms with van der Waals surface area (Å²) in [6.45, 7) is 2.91. The lowest BCUT2D eigenvalue weighted by Gasteiger charge is -2.19. The minimum Gasteiger partial charge on any atom is -0.310 e. The van der Waals surface area contributed by atoms with Crippen molar-refractivity contribution in [1.29, 1.82) is 0 Å². The minimum absolute atomic E-state index is 0.120. The van der Waals surface area contributed by atoms with E-state index in [0.29, 0.717) is 0 Å². The van der Waals surface area contributed by atoms with Gasteiger partial charge in [-0.05, 0) is 36.4 Å². The summed E-state index contributed by atoms with van der Waals surface area (Å²) >= 11 is 3.43. The Morgan fingerprint density at radius 2 is 2.16 bits per heavy atom. The van der Waals surface area contributed by atoms with Crippen molar-refractivity contribution in [1.82, 2.24) is 10.3 Å². The molecule has 0 aliphatic carbocycles. The van der Waals surface area contributed by atoms with Gasteiger partial charge in [0.2, 0.25) is 0 Å². The number of halogens is 2. The molecule has 0 bridgehead atoms. The summed E-state index contributed by atoms with van der Waals surface area (Å²) in [5.41, 5.74) is 2.07. The van der Waals surface area contributed by atoms with Crippen molar-refractivity contribution in [2.75, 3.05) is 6.54 Å². The Balaban J connectivity index is 2.24. The molecule has 0 aliphatic heterocycles. The van der Waals surface area contributed by atoms with Gasteiger partial charge in [0.05, 0.1) is 0 Å². The highest BCUT2D eigenvalue weighted by atomic mass is 79.9. The monoisotopic (exact) mass is 322 g/mol. The first kappa shape index (κ1) is 14.2. The van der Waals surface area contributed by atoms with Crippen LogP contribution >= 0.6 is 15.9 Å². The second-order valence-electron chi connectivity index (χ2n) is 4.30. The first-order chi connectivity index (χ1) is 9.20. The highest BCUT2D eigenvalue weighted by Crippen LogP contribution is 2.26. The molecule has 4 heteroatoms. The lowest BCUT2D eigenvalue weighted by atomic mass is 10.0. The average molecular weight is 323 g/mol. The van der Waals surface area contributed by atoms with Crippen LogP contribution in [0, 0.1) is 5.82 Å². The van der Waals surface area contributed by atoms with Gasteiger partial charge in [0.1, 0.15) is 5.82 Å². The van der Waals surface area contributed by atoms with Crippen molar-refractivity contribution in [2.24, 2.45) is 0 Å². The maximum atomic E-state index is 13.2. The van der Waals surface area contributed by atoms with Gasteiger partial charge < -0.3 is 5.32 Å². The van der Waals surface area contributed by atoms with E-state index in [2.05, 4.69) is 33.2 Å². The topological polar surface area (TPSA) is 24.9 Å². The van der Waals surface area contributed by atoms with Crippen LogP contribution in [0.5, 0.6) is 0 Å². The van der Waals surface area contributed by atoms with E-state index in [1.54, 1.807) is 6.20 Å². The van der Waals surface area contributed by atoms with Crippen LogP contribution in [-0.4, -0.2) is 11.5 Å². The summed E-state index contributed by atoms with van der Waals surface area (Å²) in [7, 11) is 0. The number of nitrogens with zero attached hydrogens (tertiary/aromatic N) is 1. The molecule has 0 spiro atoms. The van der Waals surface area contributed by atoms with E-state index in [1.807, 2.05) is 24.3 Å². The maximum Gasteiger partial charge on any atom is 0.124 e. The van der Waals surface area contributed by atoms with Gasteiger partial charge in [0.25, 0.3) is 0 Å². The van der Waals surface area contributed by atoms with Gasteiger partial charge in [0.15, 0.2) is 0 Å². The third kappa shape index (κ3) is 3.85. The van der Waals surface area contributed by atoms with Crippen LogP contribution in [0.3, 0.4) is 0 Å². The molecule has 100 valence electrons. The van der Waals surface area contributed by atoms with Crippen molar-refractivity contribution < 1.29 is 4.39 Å². The van der Waals surface area contributed by atoms with E-state index in [-0.39, 0.29) is 11.9 Å². The quantitative estimate of drug-likeness (QED) is 0.903. The molecule has 1 aromatic carbocycles. The molecule has 2 nitrogen and oxygen atoms in total. The Bertz CT molecular complexity index is 531. The zero-order valence-corrected chi connectivity index (χ0v) is 12.3. The molecule has 19 heavy (non-hydrogen) atoms. The number of rotatable bonds is 5. The zero-order valence-electron chi connectivity index (χ0n) is 10.7. The highest BCUT2D eigenvalue weighted by Gasteiger charge is 2.15. The summed E-state index contributed by atoms with van der Waals surface area (Å²) in [6.07, 6.45) is 2.57. The second kappa shape index (κ2) is 6.78. The third-order valence-corrected chi connectivity index (χ3v) is 3.61. The molecule has 1 aromatic heterocycles. The number of pyridine rings is 1. The molecule has 1 N–H and O–H groups in total. The van der Waals surface area contributed by atoms with Crippen molar-refractivity contribution in [3.63, 3.8) is 0 Å². The van der Waals surface area contributed by atoms with Gasteiger partial charge in [-0.2, -0.15) is 0 Å². The Morgan fingerprint density at radius 3 is 2.79 bits per heavy atom. The maximum absolute atomic E-state index is 13.2. The van der Waals surface area contributed by atoms with Gasteiger partial charge in [-0.1, -0.05) is 35.0 Å². The Labute approximate surface area is 121 Å². The first-order valence-electron chi connectivity index (χ1n) is 6.29. The average Bonchev–Trinajstić information content (AvgIpc) is 2.39. The van der Waals surface area contributed by atoms with E-state index in [4.69, 9.17) is 0 Å². The predicted molar refractivity (Wildman–Crippen MR) is 78.5 cm³/mol. The van der Waals surface area contributed by atoms with Crippen LogP contribution in [0.15, 0.2) is 47.1 Å². The Morgan fingerprint density at radius 1 is 1.32 bits per heavy atom. The molecule has 0 radical (unpaired) electrons. The standard InChI is InChI=1S/C15H16BrFN2/c1-2-18-15(10-12-5-3-4-8-19-12)13-7-6-11(17)9-14(13)16/h3-9,15,18H,2,10H2,1H3. The Kier molecular flexibility index (Phi) is 5.05. The van der Waals surface area contributed by atoms with Gasteiger partial charge in [-0.3, -0.25) is 4.98 Å². The fourth-order valence-corrected chi connectivity index (χ4v) is 2.68. The summed E-state index contributed by atoms with van der Waals surface area (Å²) in [5.74, 6) is -0.233. The molecule has 2 rings (SSSR count). The highest BCUT2D eigenvalue weighted by molar-refractivity contribution is 9.10. The summed E-state index contributed by atoms with van der Waals surface area (Å²) < 4.78 is 13.9.